The molecule has 1 fully saturated rings. The van der Waals surface area contributed by atoms with Crippen LogP contribution in [0.25, 0.3) is 11.3 Å². The van der Waals surface area contributed by atoms with Gasteiger partial charge in [0.05, 0.1) is 25.8 Å². The van der Waals surface area contributed by atoms with Crippen molar-refractivity contribution in [3.8, 4) is 22.8 Å². The average molecular weight is 347 g/mol. The van der Waals surface area contributed by atoms with Gasteiger partial charge in [-0.2, -0.15) is 0 Å². The first-order valence-electron chi connectivity index (χ1n) is 7.90. The Morgan fingerprint density at radius 1 is 1.33 bits per heavy atom. The smallest absolute Gasteiger partial charge is 0.230 e. The van der Waals surface area contributed by atoms with Crippen molar-refractivity contribution in [2.24, 2.45) is 5.92 Å². The molecule has 0 aliphatic carbocycles. The van der Waals surface area contributed by atoms with E-state index in [-0.39, 0.29) is 11.8 Å². The number of rotatable bonds is 5. The van der Waals surface area contributed by atoms with Crippen LogP contribution >= 0.6 is 11.3 Å². The molecule has 1 atom stereocenters. The van der Waals surface area contributed by atoms with E-state index < -0.39 is 0 Å². The minimum Gasteiger partial charge on any atom is -0.493 e. The second-order valence-corrected chi connectivity index (χ2v) is 6.50. The first kappa shape index (κ1) is 16.7. The maximum absolute atomic E-state index is 12.3. The molecule has 1 aliphatic heterocycles. The van der Waals surface area contributed by atoms with Crippen molar-refractivity contribution in [3.63, 3.8) is 0 Å². The summed E-state index contributed by atoms with van der Waals surface area (Å²) in [7, 11) is 3.21. The van der Waals surface area contributed by atoms with Crippen molar-refractivity contribution in [1.82, 2.24) is 10.3 Å². The van der Waals surface area contributed by atoms with Gasteiger partial charge in [0, 0.05) is 17.5 Å². The van der Waals surface area contributed by atoms with Crippen LogP contribution in [0.5, 0.6) is 11.5 Å². The highest BCUT2D eigenvalue weighted by molar-refractivity contribution is 7.14. The van der Waals surface area contributed by atoms with E-state index in [9.17, 15) is 4.79 Å². The molecule has 0 spiro atoms. The summed E-state index contributed by atoms with van der Waals surface area (Å²) in [6.45, 7) is 1.73. The first-order chi connectivity index (χ1) is 11.7. The van der Waals surface area contributed by atoms with Gasteiger partial charge in [-0.3, -0.25) is 4.79 Å². The summed E-state index contributed by atoms with van der Waals surface area (Å²) in [6.07, 6.45) is 1.96. The van der Waals surface area contributed by atoms with E-state index in [1.807, 2.05) is 23.6 Å². The summed E-state index contributed by atoms with van der Waals surface area (Å²) < 4.78 is 10.6. The van der Waals surface area contributed by atoms with Crippen molar-refractivity contribution in [2.75, 3.05) is 32.6 Å². The number of ether oxygens (including phenoxy) is 2. The van der Waals surface area contributed by atoms with Crippen molar-refractivity contribution in [2.45, 2.75) is 12.8 Å². The molecular weight excluding hydrogens is 326 g/mol. The van der Waals surface area contributed by atoms with Gasteiger partial charge >= 0.3 is 0 Å². The molecule has 1 saturated heterocycles. The normalized spacial score (nSPS) is 17.3. The van der Waals surface area contributed by atoms with E-state index >= 15 is 0 Å². The first-order valence-corrected chi connectivity index (χ1v) is 8.78. The Morgan fingerprint density at radius 3 is 2.88 bits per heavy atom. The van der Waals surface area contributed by atoms with Gasteiger partial charge in [-0.25, -0.2) is 4.98 Å². The van der Waals surface area contributed by atoms with Crippen molar-refractivity contribution in [1.29, 1.82) is 0 Å². The zero-order valence-electron chi connectivity index (χ0n) is 13.8. The lowest BCUT2D eigenvalue weighted by molar-refractivity contribution is -0.120. The van der Waals surface area contributed by atoms with Gasteiger partial charge in [0.25, 0.3) is 0 Å². The Labute approximate surface area is 145 Å². The minimum atomic E-state index is 0.0205. The molecule has 1 aliphatic rings. The van der Waals surface area contributed by atoms with Crippen molar-refractivity contribution >= 4 is 22.4 Å². The van der Waals surface area contributed by atoms with E-state index in [4.69, 9.17) is 9.47 Å². The highest BCUT2D eigenvalue weighted by Crippen LogP contribution is 2.33. The monoisotopic (exact) mass is 347 g/mol. The Kier molecular flexibility index (Phi) is 5.32. The molecular formula is C17H21N3O3S. The molecule has 3 rings (SSSR count). The number of carbonyl (C=O) groups is 1. The van der Waals surface area contributed by atoms with E-state index in [0.717, 1.165) is 37.2 Å². The Bertz CT molecular complexity index is 711. The Hall–Kier alpha value is -2.12. The van der Waals surface area contributed by atoms with Gasteiger partial charge in [-0.05, 0) is 37.6 Å². The number of aromatic nitrogens is 1. The van der Waals surface area contributed by atoms with Gasteiger partial charge in [0.1, 0.15) is 0 Å². The van der Waals surface area contributed by atoms with Crippen LogP contribution in [0.15, 0.2) is 23.6 Å². The van der Waals surface area contributed by atoms with E-state index in [1.54, 1.807) is 14.2 Å². The third kappa shape index (κ3) is 3.68. The average Bonchev–Trinajstić information content (AvgIpc) is 3.10. The molecule has 2 N–H and O–H groups in total. The Balaban J connectivity index is 1.72. The lowest BCUT2D eigenvalue weighted by atomic mass is 9.99. The summed E-state index contributed by atoms with van der Waals surface area (Å²) >= 11 is 1.42. The largest absolute Gasteiger partial charge is 0.493 e. The Morgan fingerprint density at radius 2 is 2.17 bits per heavy atom. The fourth-order valence-corrected chi connectivity index (χ4v) is 3.46. The molecule has 1 aromatic carbocycles. The predicted octanol–water partition coefficient (Wildman–Crippen LogP) is 2.77. The predicted molar refractivity (Wildman–Crippen MR) is 94.9 cm³/mol. The molecule has 1 unspecified atom stereocenters. The maximum Gasteiger partial charge on any atom is 0.230 e. The number of methoxy groups -OCH3 is 2. The quantitative estimate of drug-likeness (QED) is 0.870. The number of benzene rings is 1. The number of nitrogens with one attached hydrogen (secondary N) is 2. The minimum absolute atomic E-state index is 0.0205. The second-order valence-electron chi connectivity index (χ2n) is 5.64. The van der Waals surface area contributed by atoms with Crippen LogP contribution < -0.4 is 20.1 Å². The highest BCUT2D eigenvalue weighted by atomic mass is 32.1. The molecule has 0 saturated carbocycles. The summed E-state index contributed by atoms with van der Waals surface area (Å²) in [5.74, 6) is 1.39. The molecule has 2 heterocycles. The molecule has 1 amide bonds. The number of piperidine rings is 1. The lowest BCUT2D eigenvalue weighted by Gasteiger charge is -2.21. The van der Waals surface area contributed by atoms with Crippen molar-refractivity contribution < 1.29 is 14.3 Å². The van der Waals surface area contributed by atoms with Crippen LogP contribution in [0.1, 0.15) is 12.8 Å². The number of anilines is 1. The second kappa shape index (κ2) is 7.63. The van der Waals surface area contributed by atoms with Gasteiger partial charge in [0.15, 0.2) is 16.6 Å². The fourth-order valence-electron chi connectivity index (χ4n) is 2.74. The summed E-state index contributed by atoms with van der Waals surface area (Å²) in [5.41, 5.74) is 1.72. The molecule has 128 valence electrons. The number of carbonyl (C=O) groups excluding carboxylic acids is 1. The number of nitrogens with zero attached hydrogens (tertiary/aromatic N) is 1. The van der Waals surface area contributed by atoms with Crippen molar-refractivity contribution in [3.05, 3.63) is 23.6 Å². The SMILES string of the molecule is COc1ccc(-c2csc(NC(=O)C3CCCNC3)n2)cc1OC. The summed E-state index contributed by atoms with van der Waals surface area (Å²) in [6, 6.07) is 5.65. The number of amides is 1. The highest BCUT2D eigenvalue weighted by Gasteiger charge is 2.21. The molecule has 6 nitrogen and oxygen atoms in total. The summed E-state index contributed by atoms with van der Waals surface area (Å²) in [4.78, 5) is 16.8. The number of thiazole rings is 1. The van der Waals surface area contributed by atoms with Gasteiger partial charge in [-0.15, -0.1) is 11.3 Å². The van der Waals surface area contributed by atoms with E-state index in [0.29, 0.717) is 16.6 Å². The van der Waals surface area contributed by atoms with E-state index in [1.165, 1.54) is 11.3 Å². The topological polar surface area (TPSA) is 72.5 Å². The third-order valence-electron chi connectivity index (χ3n) is 4.08. The molecule has 24 heavy (non-hydrogen) atoms. The zero-order chi connectivity index (χ0) is 16.9. The molecule has 1 aromatic heterocycles. The van der Waals surface area contributed by atoms with Crippen LogP contribution in [-0.4, -0.2) is 38.2 Å². The molecule has 0 bridgehead atoms. The van der Waals surface area contributed by atoms with Gasteiger partial charge in [0.2, 0.25) is 5.91 Å². The standard InChI is InChI=1S/C17H21N3O3S/c1-22-14-6-5-11(8-15(14)23-2)13-10-24-17(19-13)20-16(21)12-4-3-7-18-9-12/h5-6,8,10,12,18H,3-4,7,9H2,1-2H3,(H,19,20,21). The van der Waals surface area contributed by atoms with Gasteiger partial charge < -0.3 is 20.1 Å². The number of hydrogen-bond donors (Lipinski definition) is 2. The van der Waals surface area contributed by atoms with E-state index in [2.05, 4.69) is 15.6 Å². The summed E-state index contributed by atoms with van der Waals surface area (Å²) in [5, 5.41) is 8.73. The fraction of sp³-hybridized carbons (Fsp3) is 0.412. The number of hydrogen-bond acceptors (Lipinski definition) is 6. The molecule has 2 aromatic rings. The van der Waals surface area contributed by atoms with Gasteiger partial charge in [-0.1, -0.05) is 0 Å². The van der Waals surface area contributed by atoms with Crippen LogP contribution in [0.3, 0.4) is 0 Å². The van der Waals surface area contributed by atoms with Crippen LogP contribution in [0, 0.1) is 5.92 Å². The molecule has 7 heteroatoms. The lowest BCUT2D eigenvalue weighted by Crippen LogP contribution is -2.37. The van der Waals surface area contributed by atoms with Crippen LogP contribution in [0.2, 0.25) is 0 Å². The van der Waals surface area contributed by atoms with Crippen LogP contribution in [-0.2, 0) is 4.79 Å². The van der Waals surface area contributed by atoms with Crippen LogP contribution in [0.4, 0.5) is 5.13 Å². The molecule has 0 radical (unpaired) electrons. The maximum atomic E-state index is 12.3. The zero-order valence-corrected chi connectivity index (χ0v) is 14.6. The third-order valence-corrected chi connectivity index (χ3v) is 4.84.